The summed E-state index contributed by atoms with van der Waals surface area (Å²) in [5.74, 6) is 4.96. The van der Waals surface area contributed by atoms with E-state index in [-0.39, 0.29) is 5.96 Å². The number of hydrogen-bond donors (Lipinski definition) is 2. The summed E-state index contributed by atoms with van der Waals surface area (Å²) in [6.07, 6.45) is 1.60. The molecule has 1 aromatic rings. The highest BCUT2D eigenvalue weighted by Crippen LogP contribution is 2.08. The van der Waals surface area contributed by atoms with Crippen molar-refractivity contribution in [3.05, 3.63) is 34.3 Å². The summed E-state index contributed by atoms with van der Waals surface area (Å²) in [4.78, 5) is 3.81. The molecule has 4 N–H and O–H groups in total. The second-order valence-corrected chi connectivity index (χ2v) is 3.21. The van der Waals surface area contributed by atoms with E-state index in [1.54, 1.807) is 6.21 Å². The number of hydrazone groups is 1. The molecule has 5 heteroatoms. The summed E-state index contributed by atoms with van der Waals surface area (Å²) in [6, 6.07) is 7.63. The van der Waals surface area contributed by atoms with Crippen molar-refractivity contribution < 1.29 is 0 Å². The van der Waals surface area contributed by atoms with E-state index >= 15 is 0 Å². The lowest BCUT2D eigenvalue weighted by Crippen LogP contribution is -2.10. The van der Waals surface area contributed by atoms with Crippen LogP contribution in [0.3, 0.4) is 0 Å². The van der Waals surface area contributed by atoms with E-state index in [9.17, 15) is 0 Å². The second kappa shape index (κ2) is 4.61. The van der Waals surface area contributed by atoms with Gasteiger partial charge < -0.3 is 11.6 Å². The summed E-state index contributed by atoms with van der Waals surface area (Å²) >= 11 is 3.33. The summed E-state index contributed by atoms with van der Waals surface area (Å²) in [6.45, 7) is 0. The maximum atomic E-state index is 5.27. The Kier molecular flexibility index (Phi) is 3.45. The highest BCUT2D eigenvalue weighted by Gasteiger charge is 1.88. The van der Waals surface area contributed by atoms with E-state index in [0.717, 1.165) is 10.0 Å². The Morgan fingerprint density at radius 3 is 2.46 bits per heavy atom. The third-order valence-corrected chi connectivity index (χ3v) is 1.88. The minimum absolute atomic E-state index is 0.0583. The van der Waals surface area contributed by atoms with Gasteiger partial charge in [0.05, 0.1) is 0 Å². The summed E-state index contributed by atoms with van der Waals surface area (Å²) in [5.41, 5.74) is 6.21. The van der Waals surface area contributed by atoms with Crippen LogP contribution in [0, 0.1) is 0 Å². The maximum absolute atomic E-state index is 5.27. The molecule has 0 heterocycles. The molecule has 0 aromatic heterocycles. The molecular weight excluding hydrogens is 232 g/mol. The Morgan fingerprint density at radius 2 is 1.92 bits per heavy atom. The molecule has 1 rings (SSSR count). The lowest BCUT2D eigenvalue weighted by molar-refractivity contribution is 1.21. The molecule has 0 bridgehead atoms. The van der Waals surface area contributed by atoms with Crippen LogP contribution in [-0.2, 0) is 0 Å². The van der Waals surface area contributed by atoms with E-state index in [0.29, 0.717) is 0 Å². The third kappa shape index (κ3) is 3.25. The van der Waals surface area contributed by atoms with Crippen molar-refractivity contribution in [1.82, 2.24) is 0 Å². The van der Waals surface area contributed by atoms with Crippen molar-refractivity contribution in [2.45, 2.75) is 0 Å². The molecule has 0 amide bonds. The number of guanidine groups is 1. The van der Waals surface area contributed by atoms with Gasteiger partial charge in [-0.25, -0.2) is 4.99 Å². The monoisotopic (exact) mass is 240 g/mol. The Bertz CT molecular complexity index is 329. The molecule has 4 nitrogen and oxygen atoms in total. The number of halogens is 1. The summed E-state index contributed by atoms with van der Waals surface area (Å²) < 4.78 is 1.02. The van der Waals surface area contributed by atoms with Crippen LogP contribution in [0.1, 0.15) is 5.56 Å². The predicted molar refractivity (Wildman–Crippen MR) is 57.5 cm³/mol. The maximum Gasteiger partial charge on any atom is 0.236 e. The molecule has 68 valence electrons. The molecule has 0 fully saturated rings. The number of nitrogens with two attached hydrogens (primary N) is 2. The average molecular weight is 241 g/mol. The van der Waals surface area contributed by atoms with Gasteiger partial charge in [-0.1, -0.05) is 28.1 Å². The van der Waals surface area contributed by atoms with Gasteiger partial charge in [0.1, 0.15) is 0 Å². The van der Waals surface area contributed by atoms with Crippen LogP contribution in [0.2, 0.25) is 0 Å². The van der Waals surface area contributed by atoms with Crippen LogP contribution in [0.4, 0.5) is 0 Å². The van der Waals surface area contributed by atoms with Crippen molar-refractivity contribution in [1.29, 1.82) is 0 Å². The van der Waals surface area contributed by atoms with Gasteiger partial charge >= 0.3 is 0 Å². The SMILES string of the molecule is N/N=C(N)/N=C/c1ccc(Br)cc1. The van der Waals surface area contributed by atoms with Crippen LogP contribution >= 0.6 is 15.9 Å². The molecule has 13 heavy (non-hydrogen) atoms. The fourth-order valence-electron chi connectivity index (χ4n) is 0.723. The highest BCUT2D eigenvalue weighted by atomic mass is 79.9. The van der Waals surface area contributed by atoms with Crippen molar-refractivity contribution in [3.63, 3.8) is 0 Å². The molecule has 1 aromatic carbocycles. The van der Waals surface area contributed by atoms with Crippen LogP contribution in [-0.4, -0.2) is 12.2 Å². The van der Waals surface area contributed by atoms with Crippen molar-refractivity contribution >= 4 is 28.1 Å². The first-order valence-electron chi connectivity index (χ1n) is 3.55. The largest absolute Gasteiger partial charge is 0.367 e. The molecule has 0 radical (unpaired) electrons. The van der Waals surface area contributed by atoms with Gasteiger partial charge in [0.15, 0.2) is 0 Å². The zero-order valence-corrected chi connectivity index (χ0v) is 8.40. The second-order valence-electron chi connectivity index (χ2n) is 2.30. The van der Waals surface area contributed by atoms with Crippen LogP contribution in [0.25, 0.3) is 0 Å². The van der Waals surface area contributed by atoms with E-state index in [2.05, 4.69) is 26.0 Å². The Labute approximate surface area is 84.5 Å². The molecule has 0 aliphatic heterocycles. The quantitative estimate of drug-likeness (QED) is 0.333. The standard InChI is InChI=1S/C8H9BrN4/c9-7-3-1-6(2-4-7)5-12-8(10)13-11/h1-5H,11H2,(H2,10,13)/b12-5+. The zero-order chi connectivity index (χ0) is 9.68. The first-order chi connectivity index (χ1) is 6.22. The van der Waals surface area contributed by atoms with Gasteiger partial charge in [-0.3, -0.25) is 0 Å². The number of aliphatic imine (C=N–C) groups is 1. The fourth-order valence-corrected chi connectivity index (χ4v) is 0.987. The molecule has 0 saturated heterocycles. The van der Waals surface area contributed by atoms with Gasteiger partial charge in [-0.2, -0.15) is 0 Å². The lowest BCUT2D eigenvalue weighted by atomic mass is 10.2. The molecule has 0 aliphatic rings. The van der Waals surface area contributed by atoms with Crippen LogP contribution in [0.5, 0.6) is 0 Å². The summed E-state index contributed by atoms with van der Waals surface area (Å²) in [7, 11) is 0. The van der Waals surface area contributed by atoms with Crippen LogP contribution < -0.4 is 11.6 Å². The van der Waals surface area contributed by atoms with E-state index in [4.69, 9.17) is 11.6 Å². The molecule has 0 aliphatic carbocycles. The first kappa shape index (κ1) is 9.73. The van der Waals surface area contributed by atoms with E-state index < -0.39 is 0 Å². The van der Waals surface area contributed by atoms with E-state index in [1.807, 2.05) is 24.3 Å². The van der Waals surface area contributed by atoms with Gasteiger partial charge in [-0.15, -0.1) is 5.10 Å². The number of hydrogen-bond acceptors (Lipinski definition) is 2. The molecule has 0 saturated carbocycles. The lowest BCUT2D eigenvalue weighted by Gasteiger charge is -1.92. The molecule has 0 unspecified atom stereocenters. The van der Waals surface area contributed by atoms with Crippen molar-refractivity contribution in [2.75, 3.05) is 0 Å². The Hall–Kier alpha value is -1.36. The molecule has 0 atom stereocenters. The molecular formula is C8H9BrN4. The smallest absolute Gasteiger partial charge is 0.236 e. The minimum atomic E-state index is 0.0583. The van der Waals surface area contributed by atoms with Crippen LogP contribution in [0.15, 0.2) is 38.8 Å². The van der Waals surface area contributed by atoms with Gasteiger partial charge in [0, 0.05) is 10.7 Å². The van der Waals surface area contributed by atoms with Gasteiger partial charge in [0.25, 0.3) is 0 Å². The topological polar surface area (TPSA) is 76.8 Å². The normalized spacial score (nSPS) is 12.2. The van der Waals surface area contributed by atoms with E-state index in [1.165, 1.54) is 0 Å². The molecule has 0 spiro atoms. The van der Waals surface area contributed by atoms with Gasteiger partial charge in [-0.05, 0) is 17.7 Å². The number of rotatable bonds is 1. The number of benzene rings is 1. The Balaban J connectivity index is 2.75. The predicted octanol–water partition coefficient (Wildman–Crippen LogP) is 1.06. The highest BCUT2D eigenvalue weighted by molar-refractivity contribution is 9.10. The first-order valence-corrected chi connectivity index (χ1v) is 4.34. The van der Waals surface area contributed by atoms with Crippen molar-refractivity contribution in [3.8, 4) is 0 Å². The third-order valence-electron chi connectivity index (χ3n) is 1.35. The fraction of sp³-hybridized carbons (Fsp3) is 0. The average Bonchev–Trinajstić information content (AvgIpc) is 2.16. The Morgan fingerprint density at radius 1 is 1.31 bits per heavy atom. The zero-order valence-electron chi connectivity index (χ0n) is 6.81. The van der Waals surface area contributed by atoms with Gasteiger partial charge in [0.2, 0.25) is 5.96 Å². The summed E-state index contributed by atoms with van der Waals surface area (Å²) in [5, 5.41) is 3.21. The number of nitrogens with zero attached hydrogens (tertiary/aromatic N) is 2. The van der Waals surface area contributed by atoms with Crippen molar-refractivity contribution in [2.24, 2.45) is 21.7 Å². The minimum Gasteiger partial charge on any atom is -0.367 e.